The van der Waals surface area contributed by atoms with Crippen molar-refractivity contribution in [3.63, 3.8) is 0 Å². The number of aryl methyl sites for hydroxylation is 2. The number of hydrogen-bond donors (Lipinski definition) is 0. The molecule has 0 unspecified atom stereocenters. The highest BCUT2D eigenvalue weighted by molar-refractivity contribution is 7.25. The van der Waals surface area contributed by atoms with E-state index in [4.69, 9.17) is 15.0 Å². The fraction of sp³-hybridized carbons (Fsp3) is 0.0377. The van der Waals surface area contributed by atoms with Crippen molar-refractivity contribution in [2.24, 2.45) is 0 Å². The molecule has 0 spiro atoms. The molecule has 0 fully saturated rings. The Bertz CT molecular complexity index is 3360. The first-order valence-corrected chi connectivity index (χ1v) is 20.4. The first-order chi connectivity index (χ1) is 28.6. The van der Waals surface area contributed by atoms with Gasteiger partial charge in [0.2, 0.25) is 0 Å². The molecule has 0 aliphatic rings. The van der Waals surface area contributed by atoms with Gasteiger partial charge in [-0.3, -0.25) is 0 Å². The Labute approximate surface area is 340 Å². The molecular weight excluding hydrogens is 725 g/mol. The standard InChI is InChI=1S/C53H36N4S/c1-33-14-9-10-19-40(33)43-30-36(25-24-34(43)2)37-26-28-46-45(31-37)50-42(21-13-22-47(50)57(46)39-17-7-4-8-18-39)53-55-51(35-15-5-3-6-16-35)54-52(56-53)38-27-29-49-44(32-38)41-20-11-12-23-48(41)58-49/h3-32H,1-2H3. The Kier molecular flexibility index (Phi) is 8.09. The van der Waals surface area contributed by atoms with Crippen LogP contribution in [-0.2, 0) is 0 Å². The zero-order chi connectivity index (χ0) is 38.7. The van der Waals surface area contributed by atoms with Gasteiger partial charge in [-0.15, -0.1) is 11.3 Å². The van der Waals surface area contributed by atoms with Gasteiger partial charge < -0.3 is 4.57 Å². The smallest absolute Gasteiger partial charge is 0.164 e. The van der Waals surface area contributed by atoms with Crippen LogP contribution in [0.5, 0.6) is 0 Å². The van der Waals surface area contributed by atoms with Crippen LogP contribution in [0.15, 0.2) is 182 Å². The van der Waals surface area contributed by atoms with Crippen LogP contribution < -0.4 is 0 Å². The van der Waals surface area contributed by atoms with E-state index in [-0.39, 0.29) is 0 Å². The van der Waals surface area contributed by atoms with Crippen molar-refractivity contribution in [2.45, 2.75) is 13.8 Å². The van der Waals surface area contributed by atoms with Crippen LogP contribution >= 0.6 is 11.3 Å². The molecule has 0 aliphatic carbocycles. The summed E-state index contributed by atoms with van der Waals surface area (Å²) in [6.07, 6.45) is 0. The zero-order valence-corrected chi connectivity index (χ0v) is 32.8. The molecule has 0 amide bonds. The van der Waals surface area contributed by atoms with Gasteiger partial charge in [-0.05, 0) is 108 Å². The molecule has 274 valence electrons. The van der Waals surface area contributed by atoms with E-state index in [0.717, 1.165) is 49.7 Å². The molecule has 0 bridgehead atoms. The lowest BCUT2D eigenvalue weighted by Crippen LogP contribution is -2.00. The largest absolute Gasteiger partial charge is 0.309 e. The topological polar surface area (TPSA) is 43.6 Å². The van der Waals surface area contributed by atoms with Gasteiger partial charge in [-0.2, -0.15) is 0 Å². The minimum absolute atomic E-state index is 0.638. The molecule has 3 aromatic heterocycles. The van der Waals surface area contributed by atoms with E-state index < -0.39 is 0 Å². The Morgan fingerprint density at radius 2 is 1.00 bits per heavy atom. The summed E-state index contributed by atoms with van der Waals surface area (Å²) >= 11 is 1.81. The lowest BCUT2D eigenvalue weighted by atomic mass is 9.92. The first kappa shape index (κ1) is 34.1. The van der Waals surface area contributed by atoms with Crippen molar-refractivity contribution in [1.29, 1.82) is 0 Å². The van der Waals surface area contributed by atoms with Crippen LogP contribution in [0.4, 0.5) is 0 Å². The molecule has 0 N–H and O–H groups in total. The fourth-order valence-electron chi connectivity index (χ4n) is 8.47. The molecular formula is C53H36N4S. The van der Waals surface area contributed by atoms with Crippen LogP contribution in [0.1, 0.15) is 11.1 Å². The predicted octanol–water partition coefficient (Wildman–Crippen LogP) is 14.3. The number of aromatic nitrogens is 4. The molecule has 3 heterocycles. The zero-order valence-electron chi connectivity index (χ0n) is 32.0. The van der Waals surface area contributed by atoms with E-state index in [1.54, 1.807) is 0 Å². The van der Waals surface area contributed by atoms with Crippen molar-refractivity contribution in [3.05, 3.63) is 193 Å². The van der Waals surface area contributed by atoms with Gasteiger partial charge in [0.1, 0.15) is 0 Å². The average Bonchev–Trinajstić information content (AvgIpc) is 3.82. The van der Waals surface area contributed by atoms with Crippen molar-refractivity contribution >= 4 is 53.3 Å². The third-order valence-corrected chi connectivity index (χ3v) is 12.5. The third kappa shape index (κ3) is 5.70. The Morgan fingerprint density at radius 1 is 0.379 bits per heavy atom. The highest BCUT2D eigenvalue weighted by Gasteiger charge is 2.21. The van der Waals surface area contributed by atoms with Crippen LogP contribution in [0.25, 0.3) is 104 Å². The number of benzene rings is 8. The van der Waals surface area contributed by atoms with E-state index in [0.29, 0.717) is 17.5 Å². The minimum Gasteiger partial charge on any atom is -0.309 e. The van der Waals surface area contributed by atoms with Crippen molar-refractivity contribution < 1.29 is 0 Å². The quantitative estimate of drug-likeness (QED) is 0.169. The van der Waals surface area contributed by atoms with Crippen LogP contribution in [0.2, 0.25) is 0 Å². The Balaban J connectivity index is 1.16. The lowest BCUT2D eigenvalue weighted by Gasteiger charge is -2.12. The van der Waals surface area contributed by atoms with Crippen LogP contribution in [0, 0.1) is 13.8 Å². The number of rotatable bonds is 6. The highest BCUT2D eigenvalue weighted by Crippen LogP contribution is 2.42. The molecule has 8 aromatic carbocycles. The van der Waals surface area contributed by atoms with E-state index in [1.807, 2.05) is 29.5 Å². The number of nitrogens with zero attached hydrogens (tertiary/aromatic N) is 4. The van der Waals surface area contributed by atoms with Gasteiger partial charge in [0.25, 0.3) is 0 Å². The maximum atomic E-state index is 5.33. The molecule has 0 saturated heterocycles. The van der Waals surface area contributed by atoms with E-state index in [1.165, 1.54) is 48.0 Å². The van der Waals surface area contributed by atoms with Gasteiger partial charge in [0.15, 0.2) is 17.5 Å². The second-order valence-electron chi connectivity index (χ2n) is 14.9. The van der Waals surface area contributed by atoms with Crippen molar-refractivity contribution in [2.75, 3.05) is 0 Å². The average molecular weight is 761 g/mol. The van der Waals surface area contributed by atoms with Gasteiger partial charge in [0, 0.05) is 53.3 Å². The minimum atomic E-state index is 0.638. The third-order valence-electron chi connectivity index (χ3n) is 11.4. The second-order valence-corrected chi connectivity index (χ2v) is 16.0. The van der Waals surface area contributed by atoms with Crippen LogP contribution in [-0.4, -0.2) is 19.5 Å². The summed E-state index contributed by atoms with van der Waals surface area (Å²) in [4.78, 5) is 15.7. The first-order valence-electron chi connectivity index (χ1n) is 19.6. The van der Waals surface area contributed by atoms with Gasteiger partial charge >= 0.3 is 0 Å². The molecule has 58 heavy (non-hydrogen) atoms. The molecule has 11 rings (SSSR count). The van der Waals surface area contributed by atoms with Crippen LogP contribution in [0.3, 0.4) is 0 Å². The van der Waals surface area contributed by atoms with E-state index >= 15 is 0 Å². The molecule has 11 aromatic rings. The van der Waals surface area contributed by atoms with Crippen molar-refractivity contribution in [1.82, 2.24) is 19.5 Å². The van der Waals surface area contributed by atoms with Gasteiger partial charge in [-0.1, -0.05) is 121 Å². The monoisotopic (exact) mass is 760 g/mol. The Morgan fingerprint density at radius 3 is 1.84 bits per heavy atom. The SMILES string of the molecule is Cc1ccccc1-c1cc(-c2ccc3c(c2)c2c(-c4nc(-c5ccccc5)nc(-c5ccc6sc7ccccc7c6c5)n4)cccc2n3-c2ccccc2)ccc1C. The lowest BCUT2D eigenvalue weighted by molar-refractivity contribution is 1.08. The van der Waals surface area contributed by atoms with Crippen molar-refractivity contribution in [3.8, 4) is 62.1 Å². The molecule has 5 heteroatoms. The molecule has 0 radical (unpaired) electrons. The normalized spacial score (nSPS) is 11.6. The summed E-state index contributed by atoms with van der Waals surface area (Å²) in [5, 5.41) is 4.70. The molecule has 0 saturated carbocycles. The summed E-state index contributed by atoms with van der Waals surface area (Å²) in [5.41, 5.74) is 13.5. The number of hydrogen-bond acceptors (Lipinski definition) is 4. The molecule has 0 atom stereocenters. The highest BCUT2D eigenvalue weighted by atomic mass is 32.1. The van der Waals surface area contributed by atoms with Gasteiger partial charge in [-0.25, -0.2) is 15.0 Å². The molecule has 4 nitrogen and oxygen atoms in total. The predicted molar refractivity (Wildman–Crippen MR) is 244 cm³/mol. The number of fused-ring (bicyclic) bond motifs is 6. The summed E-state index contributed by atoms with van der Waals surface area (Å²) in [6.45, 7) is 4.38. The van der Waals surface area contributed by atoms with E-state index in [9.17, 15) is 0 Å². The number of para-hydroxylation sites is 1. The van der Waals surface area contributed by atoms with E-state index in [2.05, 4.69) is 182 Å². The maximum Gasteiger partial charge on any atom is 0.164 e. The summed E-state index contributed by atoms with van der Waals surface area (Å²) < 4.78 is 4.88. The Hall–Kier alpha value is -7.21. The maximum absolute atomic E-state index is 5.33. The second kappa shape index (κ2) is 13.8. The van der Waals surface area contributed by atoms with Gasteiger partial charge in [0.05, 0.1) is 11.0 Å². The number of thiophene rings is 1. The summed E-state index contributed by atoms with van der Waals surface area (Å²) in [7, 11) is 0. The summed E-state index contributed by atoms with van der Waals surface area (Å²) in [6, 6.07) is 64.9. The summed E-state index contributed by atoms with van der Waals surface area (Å²) in [5.74, 6) is 1.93. The molecule has 0 aliphatic heterocycles. The fourth-order valence-corrected chi connectivity index (χ4v) is 9.55.